The number of amides is 4. The van der Waals surface area contributed by atoms with Crippen LogP contribution in [-0.2, 0) is 9.59 Å². The summed E-state index contributed by atoms with van der Waals surface area (Å²) in [4.78, 5) is 45.8. The van der Waals surface area contributed by atoms with Gasteiger partial charge in [0.2, 0.25) is 5.91 Å². The molecule has 0 aromatic heterocycles. The average Bonchev–Trinajstić information content (AvgIpc) is 3.19. The monoisotopic (exact) mass is 547 g/mol. The van der Waals surface area contributed by atoms with Crippen LogP contribution in [0, 0.1) is 0 Å². The third-order valence-electron chi connectivity index (χ3n) is 8.42. The van der Waals surface area contributed by atoms with Gasteiger partial charge in [-0.25, -0.2) is 4.79 Å². The molecule has 0 saturated carbocycles. The molecule has 2 aromatic rings. The summed E-state index contributed by atoms with van der Waals surface area (Å²) in [6.45, 7) is 13.8. The highest BCUT2D eigenvalue weighted by Crippen LogP contribution is 2.40. The van der Waals surface area contributed by atoms with Gasteiger partial charge in [0.25, 0.3) is 5.91 Å². The molecule has 2 N–H and O–H groups in total. The molecule has 1 atom stereocenters. The average molecular weight is 548 g/mol. The van der Waals surface area contributed by atoms with Crippen molar-refractivity contribution < 1.29 is 14.4 Å². The van der Waals surface area contributed by atoms with Crippen LogP contribution in [0.4, 0.5) is 16.2 Å². The SMILES string of the molecule is CC[C@H](C)NC(=O)CN1CN(c2ccccc2)C2(CCN(C(=O)Nc3c(C(C)C)cccc3C(C)C)CC2)C1=O. The minimum absolute atomic E-state index is 0.0302. The number of carbonyl (C=O) groups is 3. The van der Waals surface area contributed by atoms with Crippen LogP contribution >= 0.6 is 0 Å². The molecule has 0 unspecified atom stereocenters. The first-order chi connectivity index (χ1) is 19.1. The molecule has 0 aliphatic carbocycles. The van der Waals surface area contributed by atoms with Gasteiger partial charge in [0.15, 0.2) is 0 Å². The van der Waals surface area contributed by atoms with Crippen molar-refractivity contribution in [2.45, 2.75) is 84.2 Å². The van der Waals surface area contributed by atoms with Crippen molar-refractivity contribution in [3.63, 3.8) is 0 Å². The molecule has 2 aliphatic heterocycles. The van der Waals surface area contributed by atoms with E-state index in [4.69, 9.17) is 0 Å². The molecular weight excluding hydrogens is 502 g/mol. The van der Waals surface area contributed by atoms with Crippen LogP contribution < -0.4 is 15.5 Å². The molecule has 8 heteroatoms. The summed E-state index contributed by atoms with van der Waals surface area (Å²) in [6.07, 6.45) is 1.83. The first kappa shape index (κ1) is 29.4. The first-order valence-corrected chi connectivity index (χ1v) is 14.7. The number of urea groups is 1. The van der Waals surface area contributed by atoms with Gasteiger partial charge in [0.1, 0.15) is 12.1 Å². The Morgan fingerprint density at radius 1 is 0.900 bits per heavy atom. The highest BCUT2D eigenvalue weighted by molar-refractivity contribution is 5.97. The summed E-state index contributed by atoms with van der Waals surface area (Å²) < 4.78 is 0. The van der Waals surface area contributed by atoms with E-state index in [1.807, 2.05) is 49.1 Å². The number of benzene rings is 2. The number of para-hydroxylation sites is 2. The maximum atomic E-state index is 13.9. The number of carbonyl (C=O) groups excluding carboxylic acids is 3. The zero-order chi connectivity index (χ0) is 29.0. The van der Waals surface area contributed by atoms with Crippen molar-refractivity contribution in [1.29, 1.82) is 0 Å². The van der Waals surface area contributed by atoms with Gasteiger partial charge in [-0.2, -0.15) is 0 Å². The van der Waals surface area contributed by atoms with Crippen molar-refractivity contribution in [3.8, 4) is 0 Å². The molecule has 2 aliphatic rings. The van der Waals surface area contributed by atoms with E-state index in [9.17, 15) is 14.4 Å². The molecule has 2 fully saturated rings. The third-order valence-corrected chi connectivity index (χ3v) is 8.42. The Bertz CT molecular complexity index is 1180. The zero-order valence-electron chi connectivity index (χ0n) is 24.9. The molecular formula is C32H45N5O3. The summed E-state index contributed by atoms with van der Waals surface area (Å²) >= 11 is 0. The molecule has 0 radical (unpaired) electrons. The lowest BCUT2D eigenvalue weighted by Crippen LogP contribution is -2.58. The number of piperidine rings is 1. The second kappa shape index (κ2) is 12.3. The van der Waals surface area contributed by atoms with Crippen LogP contribution in [0.2, 0.25) is 0 Å². The lowest BCUT2D eigenvalue weighted by Gasteiger charge is -2.43. The third kappa shape index (κ3) is 5.96. The quantitative estimate of drug-likeness (QED) is 0.456. The van der Waals surface area contributed by atoms with Gasteiger partial charge in [-0.1, -0.05) is 71.0 Å². The molecule has 4 amide bonds. The van der Waals surface area contributed by atoms with E-state index in [0.29, 0.717) is 32.6 Å². The Labute approximate surface area is 239 Å². The lowest BCUT2D eigenvalue weighted by atomic mass is 9.85. The molecule has 40 heavy (non-hydrogen) atoms. The number of rotatable bonds is 8. The van der Waals surface area contributed by atoms with Crippen LogP contribution in [0.3, 0.4) is 0 Å². The molecule has 216 valence electrons. The molecule has 1 spiro atoms. The molecule has 4 rings (SSSR count). The number of hydrogen-bond donors (Lipinski definition) is 2. The van der Waals surface area contributed by atoms with E-state index in [-0.39, 0.29) is 42.3 Å². The summed E-state index contributed by atoms with van der Waals surface area (Å²) in [5, 5.41) is 6.21. The van der Waals surface area contributed by atoms with Crippen LogP contribution in [0.25, 0.3) is 0 Å². The van der Waals surface area contributed by atoms with E-state index in [0.717, 1.165) is 28.9 Å². The molecule has 0 bridgehead atoms. The van der Waals surface area contributed by atoms with Gasteiger partial charge in [0.05, 0.1) is 6.67 Å². The summed E-state index contributed by atoms with van der Waals surface area (Å²) in [7, 11) is 0. The number of anilines is 2. The van der Waals surface area contributed by atoms with E-state index in [1.54, 1.807) is 4.90 Å². The maximum Gasteiger partial charge on any atom is 0.321 e. The van der Waals surface area contributed by atoms with Crippen molar-refractivity contribution in [2.24, 2.45) is 0 Å². The normalized spacial score (nSPS) is 17.6. The summed E-state index contributed by atoms with van der Waals surface area (Å²) in [6, 6.07) is 16.0. The molecule has 8 nitrogen and oxygen atoms in total. The van der Waals surface area contributed by atoms with E-state index in [2.05, 4.69) is 61.4 Å². The highest BCUT2D eigenvalue weighted by atomic mass is 16.2. The topological polar surface area (TPSA) is 85.0 Å². The van der Waals surface area contributed by atoms with Crippen LogP contribution in [0.5, 0.6) is 0 Å². The minimum Gasteiger partial charge on any atom is -0.352 e. The lowest BCUT2D eigenvalue weighted by molar-refractivity contribution is -0.137. The molecule has 2 saturated heterocycles. The summed E-state index contributed by atoms with van der Waals surface area (Å²) in [5.74, 6) is 0.368. The summed E-state index contributed by atoms with van der Waals surface area (Å²) in [5.41, 5.74) is 3.32. The van der Waals surface area contributed by atoms with Gasteiger partial charge in [-0.3, -0.25) is 9.59 Å². The van der Waals surface area contributed by atoms with E-state index < -0.39 is 5.54 Å². The van der Waals surface area contributed by atoms with Crippen LogP contribution in [0.1, 0.15) is 83.8 Å². The van der Waals surface area contributed by atoms with Crippen molar-refractivity contribution >= 4 is 29.2 Å². The minimum atomic E-state index is -0.784. The first-order valence-electron chi connectivity index (χ1n) is 14.7. The van der Waals surface area contributed by atoms with Gasteiger partial charge >= 0.3 is 6.03 Å². The Balaban J connectivity index is 1.53. The van der Waals surface area contributed by atoms with Crippen molar-refractivity contribution in [1.82, 2.24) is 15.1 Å². The molecule has 2 aromatic carbocycles. The Hall–Kier alpha value is -3.55. The Morgan fingerprint density at radius 3 is 2.05 bits per heavy atom. The fourth-order valence-electron chi connectivity index (χ4n) is 5.88. The number of nitrogens with zero attached hydrogens (tertiary/aromatic N) is 3. The highest BCUT2D eigenvalue weighted by Gasteiger charge is 2.54. The Morgan fingerprint density at radius 2 is 1.50 bits per heavy atom. The van der Waals surface area contributed by atoms with Crippen LogP contribution in [-0.4, -0.2) is 65.5 Å². The molecule has 2 heterocycles. The zero-order valence-corrected chi connectivity index (χ0v) is 24.9. The predicted molar refractivity (Wildman–Crippen MR) is 161 cm³/mol. The standard InChI is InChI=1S/C32H45N5O3/c1-7-24(6)33-28(38)20-36-21-37(25-12-9-8-10-13-25)32(30(36)39)16-18-35(19-17-32)31(40)34-29-26(22(2)3)14-11-15-27(29)23(4)5/h8-15,22-24H,7,16-21H2,1-6H3,(H,33,38)(H,34,40)/t24-/m0/s1. The second-order valence-corrected chi connectivity index (χ2v) is 11.9. The fraction of sp³-hybridized carbons (Fsp3) is 0.531. The maximum absolute atomic E-state index is 13.9. The fourth-order valence-corrected chi connectivity index (χ4v) is 5.88. The smallest absolute Gasteiger partial charge is 0.321 e. The van der Waals surface area contributed by atoms with Gasteiger partial charge in [-0.05, 0) is 61.3 Å². The van der Waals surface area contributed by atoms with Gasteiger partial charge in [-0.15, -0.1) is 0 Å². The van der Waals surface area contributed by atoms with E-state index in [1.165, 1.54) is 0 Å². The van der Waals surface area contributed by atoms with Crippen molar-refractivity contribution in [2.75, 3.05) is 36.5 Å². The van der Waals surface area contributed by atoms with E-state index >= 15 is 0 Å². The predicted octanol–water partition coefficient (Wildman–Crippen LogP) is 5.52. The number of nitrogens with one attached hydrogen (secondary N) is 2. The van der Waals surface area contributed by atoms with Crippen molar-refractivity contribution in [3.05, 3.63) is 59.7 Å². The largest absolute Gasteiger partial charge is 0.352 e. The number of likely N-dealkylation sites (tertiary alicyclic amines) is 1. The van der Waals surface area contributed by atoms with Gasteiger partial charge in [0, 0.05) is 30.5 Å². The Kier molecular flexibility index (Phi) is 9.06. The van der Waals surface area contributed by atoms with Gasteiger partial charge < -0.3 is 25.3 Å². The van der Waals surface area contributed by atoms with Crippen LogP contribution in [0.15, 0.2) is 48.5 Å². The number of hydrogen-bond acceptors (Lipinski definition) is 4. The second-order valence-electron chi connectivity index (χ2n) is 11.9.